The van der Waals surface area contributed by atoms with Crippen molar-refractivity contribution < 1.29 is 4.79 Å². The predicted octanol–water partition coefficient (Wildman–Crippen LogP) is 4.05. The molecule has 5 rings (SSSR count). The molecule has 1 amide bonds. The monoisotopic (exact) mass is 424 g/mol. The Labute approximate surface area is 186 Å². The third kappa shape index (κ3) is 4.56. The SMILES string of the molecule is Cc1cnc(CNC(=O)c2cc(-c3cnc(-c4ccccc4)nc3)cn2CC2CC2)cn1. The molecule has 1 fully saturated rings. The van der Waals surface area contributed by atoms with Crippen LogP contribution in [0.1, 0.15) is 34.7 Å². The van der Waals surface area contributed by atoms with E-state index in [1.54, 1.807) is 12.4 Å². The lowest BCUT2D eigenvalue weighted by Gasteiger charge is -2.09. The van der Waals surface area contributed by atoms with Crippen molar-refractivity contribution in [3.8, 4) is 22.5 Å². The van der Waals surface area contributed by atoms with E-state index in [-0.39, 0.29) is 5.91 Å². The fourth-order valence-electron chi connectivity index (χ4n) is 3.57. The van der Waals surface area contributed by atoms with Crippen LogP contribution in [0.2, 0.25) is 0 Å². The van der Waals surface area contributed by atoms with E-state index in [1.807, 2.05) is 66.5 Å². The number of hydrogen-bond donors (Lipinski definition) is 1. The molecule has 0 unspecified atom stereocenters. The number of aryl methyl sites for hydroxylation is 1. The van der Waals surface area contributed by atoms with Gasteiger partial charge in [0.25, 0.3) is 5.91 Å². The van der Waals surface area contributed by atoms with E-state index in [4.69, 9.17) is 0 Å². The Morgan fingerprint density at radius 2 is 1.75 bits per heavy atom. The molecule has 1 aliphatic carbocycles. The van der Waals surface area contributed by atoms with Gasteiger partial charge < -0.3 is 9.88 Å². The summed E-state index contributed by atoms with van der Waals surface area (Å²) in [5.74, 6) is 1.20. The van der Waals surface area contributed by atoms with Crippen molar-refractivity contribution in [2.24, 2.45) is 5.92 Å². The third-order valence-electron chi connectivity index (χ3n) is 5.56. The molecule has 32 heavy (non-hydrogen) atoms. The van der Waals surface area contributed by atoms with Gasteiger partial charge in [0, 0.05) is 48.0 Å². The van der Waals surface area contributed by atoms with Gasteiger partial charge in [-0.05, 0) is 31.7 Å². The van der Waals surface area contributed by atoms with Gasteiger partial charge in [0.1, 0.15) is 5.69 Å². The molecule has 0 saturated heterocycles. The molecule has 0 bridgehead atoms. The van der Waals surface area contributed by atoms with Crippen molar-refractivity contribution in [1.29, 1.82) is 0 Å². The zero-order chi connectivity index (χ0) is 21.9. The van der Waals surface area contributed by atoms with Crippen LogP contribution in [-0.2, 0) is 13.1 Å². The average molecular weight is 425 g/mol. The molecule has 0 spiro atoms. The van der Waals surface area contributed by atoms with Gasteiger partial charge in [0.2, 0.25) is 0 Å². The van der Waals surface area contributed by atoms with Gasteiger partial charge in [0.05, 0.1) is 24.1 Å². The molecule has 1 saturated carbocycles. The molecule has 1 aliphatic rings. The Balaban J connectivity index is 1.36. The van der Waals surface area contributed by atoms with Gasteiger partial charge in [-0.15, -0.1) is 0 Å². The summed E-state index contributed by atoms with van der Waals surface area (Å²) in [6, 6.07) is 11.8. The van der Waals surface area contributed by atoms with E-state index in [1.165, 1.54) is 12.8 Å². The van der Waals surface area contributed by atoms with Crippen molar-refractivity contribution >= 4 is 5.91 Å². The highest BCUT2D eigenvalue weighted by Crippen LogP contribution is 2.32. The summed E-state index contributed by atoms with van der Waals surface area (Å²) >= 11 is 0. The van der Waals surface area contributed by atoms with Gasteiger partial charge in [-0.25, -0.2) is 9.97 Å². The molecule has 1 N–H and O–H groups in total. The molecule has 0 radical (unpaired) electrons. The van der Waals surface area contributed by atoms with Crippen LogP contribution >= 0.6 is 0 Å². The van der Waals surface area contributed by atoms with Crippen molar-refractivity contribution in [3.63, 3.8) is 0 Å². The van der Waals surface area contributed by atoms with E-state index in [0.29, 0.717) is 24.0 Å². The van der Waals surface area contributed by atoms with Crippen molar-refractivity contribution in [1.82, 2.24) is 29.8 Å². The Bertz CT molecular complexity index is 1210. The van der Waals surface area contributed by atoms with Crippen molar-refractivity contribution in [2.75, 3.05) is 0 Å². The van der Waals surface area contributed by atoms with Gasteiger partial charge in [0.15, 0.2) is 5.82 Å². The van der Waals surface area contributed by atoms with Gasteiger partial charge >= 0.3 is 0 Å². The summed E-state index contributed by atoms with van der Waals surface area (Å²) in [5.41, 5.74) is 5.02. The largest absolute Gasteiger partial charge is 0.345 e. The number of carbonyl (C=O) groups is 1. The van der Waals surface area contributed by atoms with Crippen molar-refractivity contribution in [3.05, 3.63) is 84.5 Å². The smallest absolute Gasteiger partial charge is 0.268 e. The van der Waals surface area contributed by atoms with Gasteiger partial charge in [-0.2, -0.15) is 0 Å². The lowest BCUT2D eigenvalue weighted by Crippen LogP contribution is -2.26. The van der Waals surface area contributed by atoms with E-state index < -0.39 is 0 Å². The minimum Gasteiger partial charge on any atom is -0.345 e. The Hall–Kier alpha value is -3.87. The molecule has 7 nitrogen and oxygen atoms in total. The van der Waals surface area contributed by atoms with E-state index in [0.717, 1.165) is 34.6 Å². The Morgan fingerprint density at radius 3 is 2.44 bits per heavy atom. The summed E-state index contributed by atoms with van der Waals surface area (Å²) < 4.78 is 2.05. The minimum absolute atomic E-state index is 0.124. The second-order valence-electron chi connectivity index (χ2n) is 8.20. The molecule has 3 heterocycles. The molecule has 160 valence electrons. The fourth-order valence-corrected chi connectivity index (χ4v) is 3.57. The van der Waals surface area contributed by atoms with Crippen LogP contribution in [0.5, 0.6) is 0 Å². The zero-order valence-corrected chi connectivity index (χ0v) is 17.9. The molecular weight excluding hydrogens is 400 g/mol. The van der Waals surface area contributed by atoms with E-state index in [9.17, 15) is 4.79 Å². The first-order valence-electron chi connectivity index (χ1n) is 10.8. The van der Waals surface area contributed by atoms with Gasteiger partial charge in [-0.3, -0.25) is 14.8 Å². The van der Waals surface area contributed by atoms with Crippen LogP contribution in [0, 0.1) is 12.8 Å². The second kappa shape index (κ2) is 8.70. The summed E-state index contributed by atoms with van der Waals surface area (Å²) in [7, 11) is 0. The molecule has 4 aromatic rings. The number of rotatable bonds is 7. The first-order chi connectivity index (χ1) is 15.7. The van der Waals surface area contributed by atoms with Crippen LogP contribution in [0.25, 0.3) is 22.5 Å². The molecule has 0 aliphatic heterocycles. The molecule has 0 atom stereocenters. The van der Waals surface area contributed by atoms with Crippen LogP contribution in [-0.4, -0.2) is 30.4 Å². The first-order valence-corrected chi connectivity index (χ1v) is 10.8. The number of hydrogen-bond acceptors (Lipinski definition) is 5. The second-order valence-corrected chi connectivity index (χ2v) is 8.20. The molecular formula is C25H24N6O. The Morgan fingerprint density at radius 1 is 0.969 bits per heavy atom. The lowest BCUT2D eigenvalue weighted by molar-refractivity contribution is 0.0940. The van der Waals surface area contributed by atoms with Gasteiger partial charge in [-0.1, -0.05) is 30.3 Å². The lowest BCUT2D eigenvalue weighted by atomic mass is 10.1. The number of amides is 1. The highest BCUT2D eigenvalue weighted by molar-refractivity contribution is 5.94. The number of aromatic nitrogens is 5. The zero-order valence-electron chi connectivity index (χ0n) is 17.9. The predicted molar refractivity (Wildman–Crippen MR) is 122 cm³/mol. The van der Waals surface area contributed by atoms with Crippen LogP contribution in [0.15, 0.2) is 67.4 Å². The summed E-state index contributed by atoms with van der Waals surface area (Å²) in [5, 5.41) is 2.97. The fraction of sp³-hybridized carbons (Fsp3) is 0.240. The maximum absolute atomic E-state index is 13.0. The van der Waals surface area contributed by atoms with E-state index >= 15 is 0 Å². The number of benzene rings is 1. The van der Waals surface area contributed by atoms with E-state index in [2.05, 4.69) is 25.3 Å². The Kier molecular flexibility index (Phi) is 5.46. The average Bonchev–Trinajstić information content (AvgIpc) is 3.55. The normalized spacial score (nSPS) is 13.2. The molecule has 1 aromatic carbocycles. The third-order valence-corrected chi connectivity index (χ3v) is 5.56. The topological polar surface area (TPSA) is 85.6 Å². The number of nitrogens with one attached hydrogen (secondary N) is 1. The highest BCUT2D eigenvalue weighted by atomic mass is 16.1. The summed E-state index contributed by atoms with van der Waals surface area (Å²) in [6.07, 6.45) is 11.5. The maximum atomic E-state index is 13.0. The number of carbonyl (C=O) groups excluding carboxylic acids is 1. The highest BCUT2D eigenvalue weighted by Gasteiger charge is 2.24. The summed E-state index contributed by atoms with van der Waals surface area (Å²) in [4.78, 5) is 30.6. The minimum atomic E-state index is -0.124. The standard InChI is InChI=1S/C25H24N6O/c1-17-10-27-22(13-26-17)14-30-25(32)23-9-20(16-31(23)15-18-7-8-18)21-11-28-24(29-12-21)19-5-3-2-4-6-19/h2-6,9-13,16,18H,7-8,14-15H2,1H3,(H,30,32). The van der Waals surface area contributed by atoms with Crippen LogP contribution < -0.4 is 5.32 Å². The number of nitrogens with zero attached hydrogens (tertiary/aromatic N) is 5. The molecule has 3 aromatic heterocycles. The summed E-state index contributed by atoms with van der Waals surface area (Å²) in [6.45, 7) is 3.07. The van der Waals surface area contributed by atoms with Crippen LogP contribution in [0.3, 0.4) is 0 Å². The van der Waals surface area contributed by atoms with Crippen molar-refractivity contribution in [2.45, 2.75) is 32.9 Å². The quantitative estimate of drug-likeness (QED) is 0.484. The van der Waals surface area contributed by atoms with Crippen LogP contribution in [0.4, 0.5) is 0 Å². The first kappa shape index (κ1) is 20.1. The molecule has 7 heteroatoms. The maximum Gasteiger partial charge on any atom is 0.268 e.